The zero-order valence-corrected chi connectivity index (χ0v) is 12.3. The molecule has 2 rings (SSSR count). The summed E-state index contributed by atoms with van der Waals surface area (Å²) < 4.78 is 6.22. The van der Waals surface area contributed by atoms with Gasteiger partial charge in [0.1, 0.15) is 0 Å². The Hall–Kier alpha value is -0.860. The van der Waals surface area contributed by atoms with E-state index in [1.54, 1.807) is 0 Å². The van der Waals surface area contributed by atoms with Crippen molar-refractivity contribution in [2.24, 2.45) is 5.92 Å². The molecule has 0 spiro atoms. The van der Waals surface area contributed by atoms with E-state index in [1.165, 1.54) is 31.2 Å². The number of ether oxygens (including phenoxy) is 1. The van der Waals surface area contributed by atoms with Crippen molar-refractivity contribution >= 4 is 0 Å². The van der Waals surface area contributed by atoms with Crippen molar-refractivity contribution < 1.29 is 4.74 Å². The zero-order chi connectivity index (χ0) is 13.5. The van der Waals surface area contributed by atoms with Gasteiger partial charge in [-0.25, -0.2) is 0 Å². The van der Waals surface area contributed by atoms with E-state index in [-0.39, 0.29) is 6.10 Å². The van der Waals surface area contributed by atoms with Crippen LogP contribution < -0.4 is 5.32 Å². The van der Waals surface area contributed by atoms with E-state index in [4.69, 9.17) is 4.74 Å². The molecule has 0 bridgehead atoms. The first-order valence-corrected chi connectivity index (χ1v) is 7.69. The van der Waals surface area contributed by atoms with Crippen LogP contribution in [0, 0.1) is 5.92 Å². The summed E-state index contributed by atoms with van der Waals surface area (Å²) in [5.41, 5.74) is 1.32. The monoisotopic (exact) mass is 261 g/mol. The van der Waals surface area contributed by atoms with Crippen LogP contribution >= 0.6 is 0 Å². The van der Waals surface area contributed by atoms with Crippen LogP contribution in [0.3, 0.4) is 0 Å². The van der Waals surface area contributed by atoms with Gasteiger partial charge in [0, 0.05) is 6.61 Å². The Morgan fingerprint density at radius 3 is 2.47 bits per heavy atom. The van der Waals surface area contributed by atoms with Crippen LogP contribution in [-0.4, -0.2) is 19.8 Å². The van der Waals surface area contributed by atoms with Gasteiger partial charge in [0.15, 0.2) is 0 Å². The van der Waals surface area contributed by atoms with Crippen LogP contribution in [0.2, 0.25) is 0 Å². The van der Waals surface area contributed by atoms with Crippen LogP contribution in [0.5, 0.6) is 0 Å². The third kappa shape index (κ3) is 4.05. The van der Waals surface area contributed by atoms with Crippen molar-refractivity contribution in [2.45, 2.75) is 51.2 Å². The molecular weight excluding hydrogens is 234 g/mol. The SMILES string of the molecule is CCC(OCC1CCCC1)C(NC)c1ccccc1. The first-order valence-electron chi connectivity index (χ1n) is 7.69. The van der Waals surface area contributed by atoms with Crippen molar-refractivity contribution in [2.75, 3.05) is 13.7 Å². The van der Waals surface area contributed by atoms with E-state index in [9.17, 15) is 0 Å². The second-order valence-corrected chi connectivity index (χ2v) is 5.61. The highest BCUT2D eigenvalue weighted by molar-refractivity contribution is 5.20. The van der Waals surface area contributed by atoms with Crippen LogP contribution in [0.25, 0.3) is 0 Å². The second kappa shape index (κ2) is 7.66. The molecule has 19 heavy (non-hydrogen) atoms. The third-order valence-electron chi connectivity index (χ3n) is 4.26. The van der Waals surface area contributed by atoms with Gasteiger partial charge in [-0.3, -0.25) is 0 Å². The molecule has 106 valence electrons. The van der Waals surface area contributed by atoms with Crippen LogP contribution in [0.1, 0.15) is 50.6 Å². The predicted molar refractivity (Wildman–Crippen MR) is 80.2 cm³/mol. The fourth-order valence-corrected chi connectivity index (χ4v) is 3.11. The Morgan fingerprint density at radius 1 is 1.21 bits per heavy atom. The molecule has 1 aliphatic rings. The van der Waals surface area contributed by atoms with Crippen molar-refractivity contribution in [3.05, 3.63) is 35.9 Å². The van der Waals surface area contributed by atoms with Gasteiger partial charge in [0.05, 0.1) is 12.1 Å². The molecule has 2 nitrogen and oxygen atoms in total. The normalized spacial score (nSPS) is 19.5. The lowest BCUT2D eigenvalue weighted by molar-refractivity contribution is 0.00574. The van der Waals surface area contributed by atoms with Gasteiger partial charge < -0.3 is 10.1 Å². The van der Waals surface area contributed by atoms with Gasteiger partial charge in [-0.1, -0.05) is 50.1 Å². The Morgan fingerprint density at radius 2 is 1.89 bits per heavy atom. The molecule has 1 N–H and O–H groups in total. The van der Waals surface area contributed by atoms with E-state index in [0.29, 0.717) is 6.04 Å². The molecule has 2 heteroatoms. The molecule has 0 radical (unpaired) electrons. The fourth-order valence-electron chi connectivity index (χ4n) is 3.11. The lowest BCUT2D eigenvalue weighted by Crippen LogP contribution is -2.32. The molecule has 1 aliphatic carbocycles. The molecule has 0 aliphatic heterocycles. The van der Waals surface area contributed by atoms with Gasteiger partial charge >= 0.3 is 0 Å². The lowest BCUT2D eigenvalue weighted by Gasteiger charge is -2.27. The highest BCUT2D eigenvalue weighted by Crippen LogP contribution is 2.27. The quantitative estimate of drug-likeness (QED) is 0.803. The van der Waals surface area contributed by atoms with Gasteiger partial charge in [-0.2, -0.15) is 0 Å². The number of hydrogen-bond acceptors (Lipinski definition) is 2. The molecule has 1 fully saturated rings. The van der Waals surface area contributed by atoms with E-state index in [2.05, 4.69) is 42.6 Å². The minimum atomic E-state index is 0.271. The highest BCUT2D eigenvalue weighted by Gasteiger charge is 2.23. The van der Waals surface area contributed by atoms with E-state index in [1.807, 2.05) is 7.05 Å². The van der Waals surface area contributed by atoms with Crippen LogP contribution in [0.4, 0.5) is 0 Å². The number of rotatable bonds is 7. The molecule has 2 unspecified atom stereocenters. The van der Waals surface area contributed by atoms with Crippen molar-refractivity contribution in [3.63, 3.8) is 0 Å². The van der Waals surface area contributed by atoms with Gasteiger partial charge in [-0.05, 0) is 37.8 Å². The minimum absolute atomic E-state index is 0.271. The maximum atomic E-state index is 6.22. The Balaban J connectivity index is 1.93. The fraction of sp³-hybridized carbons (Fsp3) is 0.647. The Bertz CT molecular complexity index is 346. The summed E-state index contributed by atoms with van der Waals surface area (Å²) >= 11 is 0. The summed E-state index contributed by atoms with van der Waals surface area (Å²) in [6.45, 7) is 3.15. The molecular formula is C17H27NO. The average Bonchev–Trinajstić information content (AvgIpc) is 2.97. The van der Waals surface area contributed by atoms with Crippen molar-refractivity contribution in [1.29, 1.82) is 0 Å². The maximum Gasteiger partial charge on any atom is 0.0767 e. The molecule has 0 heterocycles. The van der Waals surface area contributed by atoms with Crippen LogP contribution in [-0.2, 0) is 4.74 Å². The molecule has 2 atom stereocenters. The largest absolute Gasteiger partial charge is 0.376 e. The number of nitrogens with one attached hydrogen (secondary N) is 1. The standard InChI is InChI=1S/C17H27NO/c1-3-16(19-13-14-9-7-8-10-14)17(18-2)15-11-5-4-6-12-15/h4-6,11-12,14,16-18H,3,7-10,13H2,1-2H3. The van der Waals surface area contributed by atoms with Crippen molar-refractivity contribution in [3.8, 4) is 0 Å². The van der Waals surface area contributed by atoms with Gasteiger partial charge in [0.2, 0.25) is 0 Å². The zero-order valence-electron chi connectivity index (χ0n) is 12.3. The predicted octanol–water partition coefficient (Wildman–Crippen LogP) is 3.93. The number of hydrogen-bond donors (Lipinski definition) is 1. The molecule has 0 aromatic heterocycles. The summed E-state index contributed by atoms with van der Waals surface area (Å²) in [5.74, 6) is 0.794. The van der Waals surface area contributed by atoms with Gasteiger partial charge in [-0.15, -0.1) is 0 Å². The third-order valence-corrected chi connectivity index (χ3v) is 4.26. The Labute approximate surface area is 117 Å². The summed E-state index contributed by atoms with van der Waals surface area (Å²) in [7, 11) is 2.03. The highest BCUT2D eigenvalue weighted by atomic mass is 16.5. The molecule has 0 amide bonds. The average molecular weight is 261 g/mol. The topological polar surface area (TPSA) is 21.3 Å². The molecule has 0 saturated heterocycles. The van der Waals surface area contributed by atoms with E-state index in [0.717, 1.165) is 18.9 Å². The van der Waals surface area contributed by atoms with Crippen LogP contribution in [0.15, 0.2) is 30.3 Å². The maximum absolute atomic E-state index is 6.22. The summed E-state index contributed by atoms with van der Waals surface area (Å²) in [5, 5.41) is 3.42. The lowest BCUT2D eigenvalue weighted by atomic mass is 9.99. The second-order valence-electron chi connectivity index (χ2n) is 5.61. The Kier molecular flexibility index (Phi) is 5.87. The molecule has 1 saturated carbocycles. The van der Waals surface area contributed by atoms with Crippen molar-refractivity contribution in [1.82, 2.24) is 5.32 Å². The minimum Gasteiger partial charge on any atom is -0.376 e. The summed E-state index contributed by atoms with van der Waals surface area (Å²) in [6.07, 6.45) is 6.80. The van der Waals surface area contributed by atoms with Gasteiger partial charge in [0.25, 0.3) is 0 Å². The first kappa shape index (κ1) is 14.5. The molecule has 1 aromatic carbocycles. The molecule has 1 aromatic rings. The number of likely N-dealkylation sites (N-methyl/N-ethyl adjacent to an activating group) is 1. The van der Waals surface area contributed by atoms with E-state index < -0.39 is 0 Å². The first-order chi connectivity index (χ1) is 9.35. The summed E-state index contributed by atoms with van der Waals surface area (Å²) in [4.78, 5) is 0. The van der Waals surface area contributed by atoms with E-state index >= 15 is 0 Å². The smallest absolute Gasteiger partial charge is 0.0767 e. The summed E-state index contributed by atoms with van der Waals surface area (Å²) in [6, 6.07) is 10.9. The number of benzene rings is 1.